The quantitative estimate of drug-likeness (QED) is 0.568. The van der Waals surface area contributed by atoms with Crippen molar-refractivity contribution in [3.05, 3.63) is 64.7 Å². The topological polar surface area (TPSA) is 116 Å². The van der Waals surface area contributed by atoms with Gasteiger partial charge < -0.3 is 10.4 Å². The fraction of sp³-hybridized carbons (Fsp3) is 0.385. The van der Waals surface area contributed by atoms with Crippen molar-refractivity contribution in [2.75, 3.05) is 11.9 Å². The van der Waals surface area contributed by atoms with Gasteiger partial charge in [0.2, 0.25) is 17.7 Å². The van der Waals surface area contributed by atoms with Crippen molar-refractivity contribution in [2.45, 2.75) is 44.7 Å². The summed E-state index contributed by atoms with van der Waals surface area (Å²) in [6.07, 6.45) is 0.500. The zero-order valence-corrected chi connectivity index (χ0v) is 19.1. The second-order valence-electron chi connectivity index (χ2n) is 9.52. The molecule has 2 aromatic carbocycles. The Kier molecular flexibility index (Phi) is 5.28. The van der Waals surface area contributed by atoms with E-state index in [0.29, 0.717) is 17.7 Å². The Labute approximate surface area is 197 Å². The van der Waals surface area contributed by atoms with Gasteiger partial charge in [0.05, 0.1) is 11.8 Å². The van der Waals surface area contributed by atoms with Crippen LogP contribution in [0.5, 0.6) is 0 Å². The van der Waals surface area contributed by atoms with Crippen molar-refractivity contribution in [2.24, 2.45) is 11.8 Å². The van der Waals surface area contributed by atoms with Gasteiger partial charge in [0.25, 0.3) is 0 Å². The molecule has 1 spiro atoms. The van der Waals surface area contributed by atoms with E-state index in [1.54, 1.807) is 0 Å². The molecule has 3 aliphatic rings. The van der Waals surface area contributed by atoms with Gasteiger partial charge in [0.1, 0.15) is 5.54 Å². The van der Waals surface area contributed by atoms with E-state index in [9.17, 15) is 24.3 Å². The minimum atomic E-state index is -1.39. The van der Waals surface area contributed by atoms with E-state index in [1.165, 1.54) is 4.90 Å². The van der Waals surface area contributed by atoms with Crippen LogP contribution >= 0.6 is 0 Å². The molecule has 0 radical (unpaired) electrons. The summed E-state index contributed by atoms with van der Waals surface area (Å²) in [5.41, 5.74) is 2.75. The Morgan fingerprint density at radius 3 is 2.53 bits per heavy atom. The Balaban J connectivity index is 1.55. The smallest absolute Gasteiger partial charge is 0.303 e. The van der Waals surface area contributed by atoms with Crippen molar-refractivity contribution < 1.29 is 24.3 Å². The van der Waals surface area contributed by atoms with Crippen LogP contribution in [-0.4, -0.2) is 46.3 Å². The van der Waals surface area contributed by atoms with E-state index in [-0.39, 0.29) is 37.1 Å². The molecule has 8 nitrogen and oxygen atoms in total. The first-order valence-electron chi connectivity index (χ1n) is 11.6. The van der Waals surface area contributed by atoms with Gasteiger partial charge in [-0.3, -0.25) is 29.4 Å². The van der Waals surface area contributed by atoms with E-state index >= 15 is 0 Å². The number of fused-ring (bicyclic) bond motifs is 4. The summed E-state index contributed by atoms with van der Waals surface area (Å²) < 4.78 is 0. The molecule has 176 valence electrons. The van der Waals surface area contributed by atoms with Gasteiger partial charge in [-0.15, -0.1) is 0 Å². The molecule has 0 aliphatic carbocycles. The molecule has 0 aromatic heterocycles. The number of aryl methyl sites for hydroxylation is 2. The molecular weight excluding hydrogens is 434 g/mol. The summed E-state index contributed by atoms with van der Waals surface area (Å²) in [7, 11) is 0. The number of hydrogen-bond donors (Lipinski definition) is 3. The highest BCUT2D eigenvalue weighted by Crippen LogP contribution is 2.54. The first-order valence-corrected chi connectivity index (χ1v) is 11.6. The van der Waals surface area contributed by atoms with Crippen LogP contribution in [-0.2, 0) is 31.1 Å². The van der Waals surface area contributed by atoms with Crippen LogP contribution in [0.15, 0.2) is 42.5 Å². The van der Waals surface area contributed by atoms with Crippen molar-refractivity contribution in [3.8, 4) is 0 Å². The van der Waals surface area contributed by atoms with E-state index in [0.717, 1.165) is 16.7 Å². The monoisotopic (exact) mass is 461 g/mol. The average Bonchev–Trinajstić information content (AvgIpc) is 3.37. The maximum absolute atomic E-state index is 13.8. The SMILES string of the molecule is Cc1cc(C)c2c(c1)[C@]1(N[C@@H](CCC(=O)O)[C@H]3C(=O)N(CCc4ccccc4)C(=O)[C@@H]31)C(=O)N2. The number of likely N-dealkylation sites (tertiary alicyclic amines) is 1. The number of nitrogens with zero attached hydrogens (tertiary/aromatic N) is 1. The van der Waals surface area contributed by atoms with Gasteiger partial charge in [-0.25, -0.2) is 0 Å². The van der Waals surface area contributed by atoms with Gasteiger partial charge in [-0.05, 0) is 37.8 Å². The summed E-state index contributed by atoms with van der Waals surface area (Å²) in [5, 5.41) is 15.5. The summed E-state index contributed by atoms with van der Waals surface area (Å²) >= 11 is 0. The van der Waals surface area contributed by atoms with Gasteiger partial charge in [-0.2, -0.15) is 0 Å². The number of carbonyl (C=O) groups is 4. The van der Waals surface area contributed by atoms with Crippen LogP contribution in [0.1, 0.15) is 35.1 Å². The molecule has 3 heterocycles. The van der Waals surface area contributed by atoms with Crippen molar-refractivity contribution in [1.82, 2.24) is 10.2 Å². The van der Waals surface area contributed by atoms with E-state index < -0.39 is 29.4 Å². The number of imide groups is 1. The number of anilines is 1. The van der Waals surface area contributed by atoms with Crippen LogP contribution < -0.4 is 10.6 Å². The lowest BCUT2D eigenvalue weighted by Crippen LogP contribution is -2.53. The lowest BCUT2D eigenvalue weighted by atomic mass is 9.75. The van der Waals surface area contributed by atoms with Crippen LogP contribution in [0.25, 0.3) is 0 Å². The third kappa shape index (κ3) is 3.24. The molecule has 3 aliphatic heterocycles. The van der Waals surface area contributed by atoms with Crippen molar-refractivity contribution in [1.29, 1.82) is 0 Å². The Bertz CT molecular complexity index is 1210. The first-order chi connectivity index (χ1) is 16.2. The number of nitrogens with one attached hydrogen (secondary N) is 2. The molecule has 0 unspecified atom stereocenters. The summed E-state index contributed by atoms with van der Waals surface area (Å²) in [5.74, 6) is -3.78. The molecule has 3 N–H and O–H groups in total. The van der Waals surface area contributed by atoms with Crippen molar-refractivity contribution >= 4 is 29.4 Å². The fourth-order valence-corrected chi connectivity index (χ4v) is 5.95. The number of aliphatic carboxylic acids is 1. The molecule has 2 saturated heterocycles. The third-order valence-corrected chi connectivity index (χ3v) is 7.39. The summed E-state index contributed by atoms with van der Waals surface area (Å²) in [6.45, 7) is 4.04. The number of benzene rings is 2. The first kappa shape index (κ1) is 22.3. The maximum Gasteiger partial charge on any atom is 0.303 e. The molecule has 5 rings (SSSR count). The second-order valence-corrected chi connectivity index (χ2v) is 9.52. The standard InChI is InChI=1S/C26H27N3O5/c1-14-12-15(2)22-17(13-14)26(25(34)27-22)21-20(18(28-26)8-9-19(30)31)23(32)29(24(21)33)11-10-16-6-4-3-5-7-16/h3-7,12-13,18,20-21,28H,8-11H2,1-2H3,(H,27,34)(H,30,31)/t18-,20+,21+,26+/m0/s1. The highest BCUT2D eigenvalue weighted by molar-refractivity contribution is 6.15. The second kappa shape index (κ2) is 8.06. The Morgan fingerprint density at radius 2 is 1.82 bits per heavy atom. The van der Waals surface area contributed by atoms with E-state index in [1.807, 2.05) is 56.3 Å². The maximum atomic E-state index is 13.8. The highest BCUT2D eigenvalue weighted by atomic mass is 16.4. The van der Waals surface area contributed by atoms with Crippen LogP contribution in [0, 0.1) is 25.7 Å². The molecular formula is C26H27N3O5. The Hall–Kier alpha value is -3.52. The van der Waals surface area contributed by atoms with Gasteiger partial charge in [0, 0.05) is 30.3 Å². The lowest BCUT2D eigenvalue weighted by molar-refractivity contribution is -0.143. The van der Waals surface area contributed by atoms with Gasteiger partial charge in [-0.1, -0.05) is 48.0 Å². The largest absolute Gasteiger partial charge is 0.481 e. The van der Waals surface area contributed by atoms with Gasteiger partial charge in [0.15, 0.2) is 0 Å². The number of carbonyl (C=O) groups excluding carboxylic acids is 3. The molecule has 34 heavy (non-hydrogen) atoms. The fourth-order valence-electron chi connectivity index (χ4n) is 5.95. The summed E-state index contributed by atoms with van der Waals surface area (Å²) in [4.78, 5) is 53.4. The van der Waals surface area contributed by atoms with E-state index in [4.69, 9.17) is 0 Å². The number of rotatable bonds is 6. The third-order valence-electron chi connectivity index (χ3n) is 7.39. The zero-order chi connectivity index (χ0) is 24.2. The predicted molar refractivity (Wildman–Crippen MR) is 124 cm³/mol. The molecule has 2 fully saturated rings. The van der Waals surface area contributed by atoms with Gasteiger partial charge >= 0.3 is 5.97 Å². The van der Waals surface area contributed by atoms with E-state index in [2.05, 4.69) is 10.6 Å². The Morgan fingerprint density at radius 1 is 1.09 bits per heavy atom. The van der Waals surface area contributed by atoms with Crippen LogP contribution in [0.2, 0.25) is 0 Å². The highest BCUT2D eigenvalue weighted by Gasteiger charge is 2.70. The van der Waals surface area contributed by atoms with Crippen LogP contribution in [0.3, 0.4) is 0 Å². The predicted octanol–water partition coefficient (Wildman–Crippen LogP) is 2.13. The van der Waals surface area contributed by atoms with Crippen LogP contribution in [0.4, 0.5) is 5.69 Å². The van der Waals surface area contributed by atoms with Crippen molar-refractivity contribution in [3.63, 3.8) is 0 Å². The zero-order valence-electron chi connectivity index (χ0n) is 19.1. The molecule has 0 bridgehead atoms. The number of carboxylic acid groups (broad SMARTS) is 1. The molecule has 4 atom stereocenters. The number of hydrogen-bond acceptors (Lipinski definition) is 5. The summed E-state index contributed by atoms with van der Waals surface area (Å²) in [6, 6.07) is 12.8. The minimum Gasteiger partial charge on any atom is -0.481 e. The average molecular weight is 462 g/mol. The minimum absolute atomic E-state index is 0.150. The molecule has 0 saturated carbocycles. The molecule has 3 amide bonds. The number of amides is 3. The molecule has 8 heteroatoms. The molecule has 2 aromatic rings. The lowest BCUT2D eigenvalue weighted by Gasteiger charge is -2.30. The number of carboxylic acids is 1. The normalized spacial score (nSPS) is 27.3.